The molecular formula is C13H14N4O2. The van der Waals surface area contributed by atoms with Gasteiger partial charge in [-0.2, -0.15) is 5.26 Å². The fraction of sp³-hybridized carbons (Fsp3) is 0.308. The smallest absolute Gasteiger partial charge is 0.251 e. The normalized spacial score (nSPS) is 19.2. The maximum Gasteiger partial charge on any atom is 0.251 e. The summed E-state index contributed by atoms with van der Waals surface area (Å²) in [6, 6.07) is 6.37. The summed E-state index contributed by atoms with van der Waals surface area (Å²) in [5.41, 5.74) is 7.29. The molecule has 1 aliphatic heterocycles. The molecule has 3 N–H and O–H groups in total. The molecule has 1 aromatic rings. The van der Waals surface area contributed by atoms with Crippen LogP contribution in [0.2, 0.25) is 0 Å². The van der Waals surface area contributed by atoms with E-state index in [-0.39, 0.29) is 11.8 Å². The molecule has 2 rings (SSSR count). The summed E-state index contributed by atoms with van der Waals surface area (Å²) in [5.74, 6) is -0.434. The van der Waals surface area contributed by atoms with Crippen LogP contribution in [0, 0.1) is 11.3 Å². The standard InChI is InChI=1S/C13H14N4O2/c1-17-12(18)5-4-11(13(17)19)16-10-3-2-8(7-14)6-9(10)15/h2-3,6,11,16H,4-5,15H2,1H3. The lowest BCUT2D eigenvalue weighted by Crippen LogP contribution is -2.48. The second-order valence-electron chi connectivity index (χ2n) is 4.44. The first-order valence-electron chi connectivity index (χ1n) is 5.89. The van der Waals surface area contributed by atoms with Gasteiger partial charge in [0.25, 0.3) is 5.91 Å². The highest BCUT2D eigenvalue weighted by molar-refractivity contribution is 6.01. The highest BCUT2D eigenvalue weighted by Gasteiger charge is 2.31. The Bertz CT molecular complexity index is 576. The molecule has 0 aromatic heterocycles. The van der Waals surface area contributed by atoms with E-state index in [0.29, 0.717) is 29.8 Å². The number of anilines is 2. The maximum absolute atomic E-state index is 11.9. The molecule has 0 bridgehead atoms. The van der Waals surface area contributed by atoms with Crippen molar-refractivity contribution in [2.24, 2.45) is 0 Å². The molecular weight excluding hydrogens is 244 g/mol. The van der Waals surface area contributed by atoms with Gasteiger partial charge in [-0.05, 0) is 24.6 Å². The van der Waals surface area contributed by atoms with Crippen molar-refractivity contribution in [3.05, 3.63) is 23.8 Å². The van der Waals surface area contributed by atoms with Gasteiger partial charge >= 0.3 is 0 Å². The fourth-order valence-electron chi connectivity index (χ4n) is 2.00. The van der Waals surface area contributed by atoms with Gasteiger partial charge in [0.2, 0.25) is 5.91 Å². The van der Waals surface area contributed by atoms with Gasteiger partial charge in [-0.3, -0.25) is 14.5 Å². The number of likely N-dealkylation sites (N-methyl/N-ethyl adjacent to an activating group) is 1. The molecule has 1 saturated heterocycles. The maximum atomic E-state index is 11.9. The van der Waals surface area contributed by atoms with Gasteiger partial charge in [0, 0.05) is 13.5 Å². The number of rotatable bonds is 2. The second kappa shape index (κ2) is 4.98. The SMILES string of the molecule is CN1C(=O)CCC(Nc2ccc(C#N)cc2N)C1=O. The molecule has 1 atom stereocenters. The Balaban J connectivity index is 2.16. The van der Waals surface area contributed by atoms with Crippen molar-refractivity contribution in [2.45, 2.75) is 18.9 Å². The number of amides is 2. The Labute approximate surface area is 110 Å². The van der Waals surface area contributed by atoms with Gasteiger partial charge in [-0.25, -0.2) is 0 Å². The summed E-state index contributed by atoms with van der Waals surface area (Å²) < 4.78 is 0. The van der Waals surface area contributed by atoms with Crippen molar-refractivity contribution >= 4 is 23.2 Å². The van der Waals surface area contributed by atoms with Crippen LogP contribution in [-0.2, 0) is 9.59 Å². The lowest BCUT2D eigenvalue weighted by molar-refractivity contribution is -0.146. The topological polar surface area (TPSA) is 99.2 Å². The number of imide groups is 1. The molecule has 19 heavy (non-hydrogen) atoms. The average molecular weight is 258 g/mol. The zero-order valence-electron chi connectivity index (χ0n) is 10.5. The van der Waals surface area contributed by atoms with Crippen LogP contribution < -0.4 is 11.1 Å². The van der Waals surface area contributed by atoms with E-state index in [9.17, 15) is 9.59 Å². The monoisotopic (exact) mass is 258 g/mol. The number of benzene rings is 1. The third-order valence-electron chi connectivity index (χ3n) is 3.16. The van der Waals surface area contributed by atoms with Gasteiger partial charge in [-0.1, -0.05) is 0 Å². The average Bonchev–Trinajstić information content (AvgIpc) is 2.41. The van der Waals surface area contributed by atoms with Crippen molar-refractivity contribution in [1.29, 1.82) is 5.26 Å². The van der Waals surface area contributed by atoms with Crippen LogP contribution in [-0.4, -0.2) is 29.8 Å². The number of hydrogen-bond donors (Lipinski definition) is 2. The third-order valence-corrected chi connectivity index (χ3v) is 3.16. The molecule has 1 aliphatic rings. The number of nitrogens with two attached hydrogens (primary N) is 1. The van der Waals surface area contributed by atoms with Crippen molar-refractivity contribution in [3.63, 3.8) is 0 Å². The minimum atomic E-state index is -0.460. The number of piperidine rings is 1. The third kappa shape index (κ3) is 2.50. The van der Waals surface area contributed by atoms with E-state index in [4.69, 9.17) is 11.0 Å². The number of nitrogens with zero attached hydrogens (tertiary/aromatic N) is 2. The molecule has 6 heteroatoms. The van der Waals surface area contributed by atoms with E-state index in [1.54, 1.807) is 18.2 Å². The summed E-state index contributed by atoms with van der Waals surface area (Å²) in [7, 11) is 1.47. The van der Waals surface area contributed by atoms with Crippen LogP contribution in [0.25, 0.3) is 0 Å². The molecule has 0 spiro atoms. The number of carbonyl (C=O) groups is 2. The summed E-state index contributed by atoms with van der Waals surface area (Å²) in [6.45, 7) is 0. The lowest BCUT2D eigenvalue weighted by Gasteiger charge is -2.29. The van der Waals surface area contributed by atoms with Gasteiger partial charge in [0.1, 0.15) is 6.04 Å². The summed E-state index contributed by atoms with van der Waals surface area (Å²) in [5, 5.41) is 11.8. The highest BCUT2D eigenvalue weighted by Crippen LogP contribution is 2.23. The molecule has 2 amide bonds. The van der Waals surface area contributed by atoms with Crippen LogP contribution in [0.3, 0.4) is 0 Å². The van der Waals surface area contributed by atoms with Gasteiger partial charge < -0.3 is 11.1 Å². The highest BCUT2D eigenvalue weighted by atomic mass is 16.2. The van der Waals surface area contributed by atoms with E-state index in [1.807, 2.05) is 6.07 Å². The molecule has 1 fully saturated rings. The van der Waals surface area contributed by atoms with E-state index < -0.39 is 6.04 Å². The molecule has 1 unspecified atom stereocenters. The molecule has 0 saturated carbocycles. The van der Waals surface area contributed by atoms with Crippen LogP contribution in [0.4, 0.5) is 11.4 Å². The van der Waals surface area contributed by atoms with E-state index >= 15 is 0 Å². The molecule has 0 aliphatic carbocycles. The number of nitrogens with one attached hydrogen (secondary N) is 1. The summed E-state index contributed by atoms with van der Waals surface area (Å²) in [4.78, 5) is 24.4. The molecule has 0 radical (unpaired) electrons. The Morgan fingerprint density at radius 1 is 1.47 bits per heavy atom. The first kappa shape index (κ1) is 12.9. The largest absolute Gasteiger partial charge is 0.397 e. The molecule has 6 nitrogen and oxygen atoms in total. The Hall–Kier alpha value is -2.55. The van der Waals surface area contributed by atoms with Gasteiger partial charge in [0.15, 0.2) is 0 Å². The van der Waals surface area contributed by atoms with Crippen LogP contribution in [0.15, 0.2) is 18.2 Å². The second-order valence-corrected chi connectivity index (χ2v) is 4.44. The number of likely N-dealkylation sites (tertiary alicyclic amines) is 1. The predicted molar refractivity (Wildman–Crippen MR) is 70.0 cm³/mol. The van der Waals surface area contributed by atoms with Crippen LogP contribution in [0.1, 0.15) is 18.4 Å². The number of carbonyl (C=O) groups excluding carboxylic acids is 2. The first-order chi connectivity index (χ1) is 9.02. The number of hydrogen-bond acceptors (Lipinski definition) is 5. The predicted octanol–water partition coefficient (Wildman–Crippen LogP) is 0.700. The zero-order chi connectivity index (χ0) is 14.0. The van der Waals surface area contributed by atoms with Crippen LogP contribution in [0.5, 0.6) is 0 Å². The summed E-state index contributed by atoms with van der Waals surface area (Å²) in [6.07, 6.45) is 0.775. The first-order valence-corrected chi connectivity index (χ1v) is 5.89. The minimum absolute atomic E-state index is 0.171. The quantitative estimate of drug-likeness (QED) is 0.601. The number of nitrogen functional groups attached to an aromatic ring is 1. The zero-order valence-corrected chi connectivity index (χ0v) is 10.5. The van der Waals surface area contributed by atoms with E-state index in [1.165, 1.54) is 7.05 Å². The van der Waals surface area contributed by atoms with Crippen molar-refractivity contribution in [1.82, 2.24) is 4.90 Å². The van der Waals surface area contributed by atoms with Crippen molar-refractivity contribution in [2.75, 3.05) is 18.1 Å². The lowest BCUT2D eigenvalue weighted by atomic mass is 10.0. The van der Waals surface area contributed by atoms with Crippen molar-refractivity contribution < 1.29 is 9.59 Å². The van der Waals surface area contributed by atoms with Gasteiger partial charge in [-0.15, -0.1) is 0 Å². The van der Waals surface area contributed by atoms with Crippen molar-refractivity contribution in [3.8, 4) is 6.07 Å². The van der Waals surface area contributed by atoms with E-state index in [2.05, 4.69) is 5.32 Å². The number of nitriles is 1. The Kier molecular flexibility index (Phi) is 3.38. The van der Waals surface area contributed by atoms with Gasteiger partial charge in [0.05, 0.1) is 23.0 Å². The molecule has 98 valence electrons. The molecule has 1 aromatic carbocycles. The fourth-order valence-corrected chi connectivity index (χ4v) is 2.00. The Morgan fingerprint density at radius 3 is 2.84 bits per heavy atom. The summed E-state index contributed by atoms with van der Waals surface area (Å²) >= 11 is 0. The molecule has 1 heterocycles. The van der Waals surface area contributed by atoms with Crippen LogP contribution >= 0.6 is 0 Å². The Morgan fingerprint density at radius 2 is 2.21 bits per heavy atom. The van der Waals surface area contributed by atoms with E-state index in [0.717, 1.165) is 4.90 Å². The minimum Gasteiger partial charge on any atom is -0.397 e.